The predicted molar refractivity (Wildman–Crippen MR) is 149 cm³/mol. The van der Waals surface area contributed by atoms with Crippen molar-refractivity contribution in [3.63, 3.8) is 0 Å². The minimum absolute atomic E-state index is 0.0852. The highest BCUT2D eigenvalue weighted by Gasteiger charge is 2.25. The minimum Gasteiger partial charge on any atom is -0.440 e. The second kappa shape index (κ2) is 11.1. The summed E-state index contributed by atoms with van der Waals surface area (Å²) < 4.78 is 17.0. The molecule has 6 rings (SSSR count). The number of amides is 1. The molecule has 204 valence electrons. The van der Waals surface area contributed by atoms with Gasteiger partial charge in [0.2, 0.25) is 5.91 Å². The standard InChI is InChI=1S/C28H31N5O5S/c29-24-14-32(15-25(30)38-24)16-26(35)31-19-4-5-23-18(11-19)10-17-2-1-3-21(28(17)39-23)22-12-20(34)13-27(37-22)33-6-8-36-9-7-33/h1-5,11-13,24-25H,6-10,14-16,29-30H2,(H,31,35). The van der Waals surface area contributed by atoms with Crippen molar-refractivity contribution in [1.29, 1.82) is 0 Å². The van der Waals surface area contributed by atoms with Gasteiger partial charge in [-0.25, -0.2) is 0 Å². The molecular formula is C28H31N5O5S. The summed E-state index contributed by atoms with van der Waals surface area (Å²) in [4.78, 5) is 31.4. The van der Waals surface area contributed by atoms with Gasteiger partial charge in [-0.1, -0.05) is 30.0 Å². The number of nitrogens with zero attached hydrogens (tertiary/aromatic N) is 2. The molecule has 3 aromatic rings. The molecule has 0 saturated carbocycles. The molecule has 0 spiro atoms. The molecule has 2 unspecified atom stereocenters. The summed E-state index contributed by atoms with van der Waals surface area (Å²) in [7, 11) is 0. The Kier molecular flexibility index (Phi) is 7.43. The molecule has 2 aromatic carbocycles. The summed E-state index contributed by atoms with van der Waals surface area (Å²) in [5.41, 5.74) is 15.5. The maximum Gasteiger partial charge on any atom is 0.238 e. The van der Waals surface area contributed by atoms with Crippen LogP contribution in [0.4, 0.5) is 11.6 Å². The Balaban J connectivity index is 1.20. The van der Waals surface area contributed by atoms with Gasteiger partial charge in [-0.05, 0) is 35.7 Å². The minimum atomic E-state index is -0.498. The Morgan fingerprint density at radius 2 is 1.82 bits per heavy atom. The van der Waals surface area contributed by atoms with E-state index in [1.165, 1.54) is 0 Å². The smallest absolute Gasteiger partial charge is 0.238 e. The van der Waals surface area contributed by atoms with Gasteiger partial charge in [-0.2, -0.15) is 0 Å². The molecule has 5 N–H and O–H groups in total. The lowest BCUT2D eigenvalue weighted by Gasteiger charge is -2.34. The van der Waals surface area contributed by atoms with Gasteiger partial charge in [0.1, 0.15) is 18.2 Å². The fraction of sp³-hybridized carbons (Fsp3) is 0.357. The van der Waals surface area contributed by atoms with Crippen molar-refractivity contribution in [2.24, 2.45) is 11.5 Å². The number of ether oxygens (including phenoxy) is 2. The van der Waals surface area contributed by atoms with E-state index in [2.05, 4.69) is 11.4 Å². The monoisotopic (exact) mass is 549 g/mol. The van der Waals surface area contributed by atoms with E-state index < -0.39 is 12.5 Å². The highest BCUT2D eigenvalue weighted by molar-refractivity contribution is 7.99. The third-order valence-corrected chi connectivity index (χ3v) is 8.27. The number of anilines is 2. The molecule has 3 aliphatic heterocycles. The highest BCUT2D eigenvalue weighted by atomic mass is 32.2. The summed E-state index contributed by atoms with van der Waals surface area (Å²) in [5, 5.41) is 3.00. The normalized spacial score (nSPS) is 21.2. The Morgan fingerprint density at radius 1 is 1.03 bits per heavy atom. The van der Waals surface area contributed by atoms with E-state index in [0.717, 1.165) is 32.2 Å². The van der Waals surface area contributed by atoms with E-state index in [0.29, 0.717) is 57.5 Å². The fourth-order valence-corrected chi connectivity index (χ4v) is 6.38. The first-order valence-corrected chi connectivity index (χ1v) is 13.8. The fourth-order valence-electron chi connectivity index (χ4n) is 5.21. The second-order valence-corrected chi connectivity index (χ2v) is 11.0. The molecule has 10 nitrogen and oxygen atoms in total. The molecule has 0 aliphatic carbocycles. The summed E-state index contributed by atoms with van der Waals surface area (Å²) >= 11 is 1.65. The SMILES string of the molecule is NC1CN(CC(=O)Nc2ccc3c(c2)Cc2cccc(-c4cc(=O)cc(N5CCOCC5)o4)c2S3)CC(N)O1. The number of nitrogens with two attached hydrogens (primary N) is 2. The third-order valence-electron chi connectivity index (χ3n) is 6.97. The van der Waals surface area contributed by atoms with Crippen LogP contribution in [0.15, 0.2) is 67.5 Å². The predicted octanol–water partition coefficient (Wildman–Crippen LogP) is 2.04. The van der Waals surface area contributed by atoms with Crippen LogP contribution in [-0.4, -0.2) is 69.2 Å². The average Bonchev–Trinajstić information content (AvgIpc) is 2.91. The molecule has 2 atom stereocenters. The zero-order valence-electron chi connectivity index (χ0n) is 21.4. The molecule has 1 amide bonds. The maximum atomic E-state index is 12.7. The van der Waals surface area contributed by atoms with E-state index in [-0.39, 0.29) is 17.9 Å². The van der Waals surface area contributed by atoms with Crippen LogP contribution in [-0.2, 0) is 20.7 Å². The second-order valence-electron chi connectivity index (χ2n) is 9.95. The van der Waals surface area contributed by atoms with E-state index in [1.54, 1.807) is 23.9 Å². The highest BCUT2D eigenvalue weighted by Crippen LogP contribution is 2.45. The van der Waals surface area contributed by atoms with Gasteiger partial charge in [-0.15, -0.1) is 0 Å². The Morgan fingerprint density at radius 3 is 2.62 bits per heavy atom. The number of hydrogen-bond donors (Lipinski definition) is 3. The van der Waals surface area contributed by atoms with Gasteiger partial charge < -0.3 is 35.6 Å². The van der Waals surface area contributed by atoms with E-state index in [4.69, 9.17) is 25.4 Å². The number of benzene rings is 2. The first-order chi connectivity index (χ1) is 18.9. The number of fused-ring (bicyclic) bond motifs is 2. The summed E-state index contributed by atoms with van der Waals surface area (Å²) in [6.07, 6.45) is -0.292. The lowest BCUT2D eigenvalue weighted by Crippen LogP contribution is -2.55. The Hall–Kier alpha value is -3.19. The maximum absolute atomic E-state index is 12.7. The van der Waals surface area contributed by atoms with E-state index >= 15 is 0 Å². The first kappa shape index (κ1) is 26.1. The van der Waals surface area contributed by atoms with Crippen molar-refractivity contribution in [3.8, 4) is 11.3 Å². The zero-order valence-corrected chi connectivity index (χ0v) is 22.2. The van der Waals surface area contributed by atoms with Gasteiger partial charge in [0, 0.05) is 59.4 Å². The van der Waals surface area contributed by atoms with Crippen LogP contribution in [0.25, 0.3) is 11.3 Å². The van der Waals surface area contributed by atoms with Crippen LogP contribution in [0.2, 0.25) is 0 Å². The summed E-state index contributed by atoms with van der Waals surface area (Å²) in [5.74, 6) is 1.00. The van der Waals surface area contributed by atoms with Crippen molar-refractivity contribution in [2.75, 3.05) is 56.2 Å². The summed E-state index contributed by atoms with van der Waals surface area (Å²) in [6.45, 7) is 3.70. The Labute approximate surface area is 230 Å². The van der Waals surface area contributed by atoms with Crippen molar-refractivity contribution in [3.05, 3.63) is 69.9 Å². The van der Waals surface area contributed by atoms with Crippen LogP contribution in [0.5, 0.6) is 0 Å². The molecule has 0 bridgehead atoms. The molecule has 3 aliphatic rings. The number of morpholine rings is 2. The van der Waals surface area contributed by atoms with Gasteiger partial charge in [-0.3, -0.25) is 14.5 Å². The van der Waals surface area contributed by atoms with E-state index in [9.17, 15) is 9.59 Å². The molecule has 1 aromatic heterocycles. The number of hydrogen-bond acceptors (Lipinski definition) is 10. The van der Waals surface area contributed by atoms with Crippen molar-refractivity contribution >= 4 is 29.2 Å². The van der Waals surface area contributed by atoms with Crippen LogP contribution in [0, 0.1) is 0 Å². The van der Waals surface area contributed by atoms with Gasteiger partial charge in [0.15, 0.2) is 11.3 Å². The van der Waals surface area contributed by atoms with Gasteiger partial charge in [0.05, 0.1) is 19.8 Å². The first-order valence-electron chi connectivity index (χ1n) is 13.0. The number of carbonyl (C=O) groups is 1. The lowest BCUT2D eigenvalue weighted by atomic mass is 10.00. The van der Waals surface area contributed by atoms with Crippen LogP contribution < -0.4 is 27.1 Å². The zero-order chi connectivity index (χ0) is 26.9. The molecule has 2 fully saturated rings. The lowest BCUT2D eigenvalue weighted by molar-refractivity contribution is -0.122. The summed E-state index contributed by atoms with van der Waals surface area (Å²) in [6, 6.07) is 15.1. The molecule has 0 radical (unpaired) electrons. The topological polar surface area (TPSA) is 136 Å². The molecular weight excluding hydrogens is 518 g/mol. The molecule has 11 heteroatoms. The molecule has 2 saturated heterocycles. The quantitative estimate of drug-likeness (QED) is 0.339. The third kappa shape index (κ3) is 5.88. The van der Waals surface area contributed by atoms with Crippen molar-refractivity contribution < 1.29 is 18.7 Å². The molecule has 39 heavy (non-hydrogen) atoms. The number of nitrogens with one attached hydrogen (secondary N) is 1. The average molecular weight is 550 g/mol. The van der Waals surface area contributed by atoms with Crippen LogP contribution in [0.3, 0.4) is 0 Å². The van der Waals surface area contributed by atoms with Gasteiger partial charge >= 0.3 is 0 Å². The van der Waals surface area contributed by atoms with Crippen molar-refractivity contribution in [2.45, 2.75) is 28.7 Å². The van der Waals surface area contributed by atoms with Crippen LogP contribution >= 0.6 is 11.8 Å². The van der Waals surface area contributed by atoms with Crippen LogP contribution in [0.1, 0.15) is 11.1 Å². The largest absolute Gasteiger partial charge is 0.440 e. The Bertz CT molecular complexity index is 1430. The van der Waals surface area contributed by atoms with Gasteiger partial charge in [0.25, 0.3) is 0 Å². The number of rotatable bonds is 5. The number of carbonyl (C=O) groups excluding carboxylic acids is 1. The molecule has 4 heterocycles. The van der Waals surface area contributed by atoms with Crippen molar-refractivity contribution in [1.82, 2.24) is 4.90 Å². The van der Waals surface area contributed by atoms with E-state index in [1.807, 2.05) is 40.1 Å².